The second kappa shape index (κ2) is 14.3. The van der Waals surface area contributed by atoms with Gasteiger partial charge in [0.1, 0.15) is 0 Å². The number of hydrogen-bond acceptors (Lipinski definition) is 4. The molecule has 0 saturated carbocycles. The third kappa shape index (κ3) is 6.61. The molecule has 0 aliphatic rings. The Labute approximate surface area is 273 Å². The molecule has 0 aliphatic carbocycles. The van der Waals surface area contributed by atoms with Crippen molar-refractivity contribution in [3.63, 3.8) is 0 Å². The van der Waals surface area contributed by atoms with Gasteiger partial charge in [-0.15, -0.1) is 0 Å². The quantitative estimate of drug-likeness (QED) is 0.0719. The van der Waals surface area contributed by atoms with Crippen molar-refractivity contribution in [3.05, 3.63) is 114 Å². The molecular formula is C38H39N4O2Se. The van der Waals surface area contributed by atoms with Crippen LogP contribution in [-0.2, 0) is 17.8 Å². The van der Waals surface area contributed by atoms with Crippen molar-refractivity contribution in [2.45, 2.75) is 64.5 Å². The van der Waals surface area contributed by atoms with E-state index in [4.69, 9.17) is 14.7 Å². The Kier molecular flexibility index (Phi) is 9.78. The van der Waals surface area contributed by atoms with Gasteiger partial charge in [0.2, 0.25) is 0 Å². The molecule has 4 aromatic carbocycles. The molecule has 1 radical (unpaired) electrons. The number of carbonyl (C=O) groups is 1. The van der Waals surface area contributed by atoms with Crippen molar-refractivity contribution < 1.29 is 9.53 Å². The Morgan fingerprint density at radius 3 is 2.18 bits per heavy atom. The van der Waals surface area contributed by atoms with Gasteiger partial charge in [-0.3, -0.25) is 0 Å². The van der Waals surface area contributed by atoms with Gasteiger partial charge >= 0.3 is 262 Å². The zero-order valence-electron chi connectivity index (χ0n) is 26.0. The molecule has 7 heteroatoms. The average Bonchev–Trinajstić information content (AvgIpc) is 3.61. The number of aromatic nitrogens is 4. The van der Waals surface area contributed by atoms with Gasteiger partial charge in [0.05, 0.1) is 0 Å². The molecule has 2 aromatic heterocycles. The fraction of sp³-hybridized carbons (Fsp3) is 0.289. The van der Waals surface area contributed by atoms with Gasteiger partial charge in [-0.1, -0.05) is 12.1 Å². The first-order valence-electron chi connectivity index (χ1n) is 15.9. The minimum atomic E-state index is -0.365. The molecular weight excluding hydrogens is 623 g/mol. The SMILES string of the molecule is CCCCCCCn1c([Se])nc2cccc(-c3nc4cc(C(=O)OC)ccc4n3CCC(c3ccccc3)c3ccccc3)c21. The van der Waals surface area contributed by atoms with Crippen molar-refractivity contribution >= 4 is 48.8 Å². The zero-order valence-corrected chi connectivity index (χ0v) is 27.7. The van der Waals surface area contributed by atoms with Crippen molar-refractivity contribution in [2.24, 2.45) is 0 Å². The molecule has 0 atom stereocenters. The number of aryl methyl sites for hydroxylation is 2. The number of nitrogens with zero attached hydrogens (tertiary/aromatic N) is 4. The number of rotatable bonds is 13. The number of unbranched alkanes of at least 4 members (excludes halogenated alkanes) is 4. The van der Waals surface area contributed by atoms with E-state index < -0.39 is 0 Å². The first-order chi connectivity index (χ1) is 22.1. The van der Waals surface area contributed by atoms with E-state index in [0.29, 0.717) is 5.56 Å². The minimum absolute atomic E-state index is 0.216. The molecule has 0 fully saturated rings. The van der Waals surface area contributed by atoms with E-state index in [-0.39, 0.29) is 11.9 Å². The van der Waals surface area contributed by atoms with Gasteiger partial charge in [0.15, 0.2) is 0 Å². The summed E-state index contributed by atoms with van der Waals surface area (Å²) in [5.41, 5.74) is 7.92. The molecule has 0 aliphatic heterocycles. The summed E-state index contributed by atoms with van der Waals surface area (Å²) >= 11 is 3.21. The van der Waals surface area contributed by atoms with Crippen LogP contribution in [0.15, 0.2) is 97.1 Å². The van der Waals surface area contributed by atoms with Gasteiger partial charge in [0.25, 0.3) is 0 Å². The Morgan fingerprint density at radius 1 is 0.778 bits per heavy atom. The summed E-state index contributed by atoms with van der Waals surface area (Å²) in [6, 6.07) is 33.4. The number of esters is 1. The summed E-state index contributed by atoms with van der Waals surface area (Å²) in [5, 5.41) is 0. The molecule has 229 valence electrons. The first kappa shape index (κ1) is 30.8. The fourth-order valence-corrected chi connectivity index (χ4v) is 6.98. The summed E-state index contributed by atoms with van der Waals surface area (Å²) < 4.78 is 10.6. The van der Waals surface area contributed by atoms with Crippen LogP contribution < -0.4 is 4.72 Å². The summed E-state index contributed by atoms with van der Waals surface area (Å²) in [7, 11) is 1.41. The number of para-hydroxylation sites is 1. The number of ether oxygens (including phenoxy) is 1. The predicted octanol–water partition coefficient (Wildman–Crippen LogP) is 7.83. The topological polar surface area (TPSA) is 61.9 Å². The summed E-state index contributed by atoms with van der Waals surface area (Å²) in [5.74, 6) is 0.730. The molecule has 0 bridgehead atoms. The maximum atomic E-state index is 12.5. The van der Waals surface area contributed by atoms with Crippen LogP contribution in [0.4, 0.5) is 0 Å². The summed E-state index contributed by atoms with van der Waals surface area (Å²) in [6.07, 6.45) is 6.93. The molecule has 0 amide bonds. The van der Waals surface area contributed by atoms with E-state index in [9.17, 15) is 4.79 Å². The van der Waals surface area contributed by atoms with Gasteiger partial charge < -0.3 is 0 Å². The normalized spacial score (nSPS) is 11.5. The van der Waals surface area contributed by atoms with Crippen molar-refractivity contribution in [1.82, 2.24) is 19.1 Å². The molecule has 6 nitrogen and oxygen atoms in total. The molecule has 45 heavy (non-hydrogen) atoms. The van der Waals surface area contributed by atoms with Crippen LogP contribution in [-0.4, -0.2) is 48.2 Å². The van der Waals surface area contributed by atoms with Crippen molar-refractivity contribution in [3.8, 4) is 11.4 Å². The molecule has 2 heterocycles. The fourth-order valence-electron chi connectivity index (χ4n) is 6.39. The third-order valence-corrected chi connectivity index (χ3v) is 9.33. The second-order valence-electron chi connectivity index (χ2n) is 11.6. The van der Waals surface area contributed by atoms with Crippen molar-refractivity contribution in [1.29, 1.82) is 0 Å². The second-order valence-corrected chi connectivity index (χ2v) is 12.3. The number of hydrogen-bond donors (Lipinski definition) is 0. The third-order valence-electron chi connectivity index (χ3n) is 8.67. The Morgan fingerprint density at radius 2 is 1.49 bits per heavy atom. The van der Waals surface area contributed by atoms with Crippen LogP contribution in [0.5, 0.6) is 0 Å². The average molecular weight is 663 g/mol. The molecule has 0 spiro atoms. The van der Waals surface area contributed by atoms with Gasteiger partial charge in [0, 0.05) is 0 Å². The number of benzene rings is 4. The van der Waals surface area contributed by atoms with E-state index in [1.807, 2.05) is 18.2 Å². The molecule has 6 aromatic rings. The summed E-state index contributed by atoms with van der Waals surface area (Å²) in [6.45, 7) is 3.89. The number of fused-ring (bicyclic) bond motifs is 2. The van der Waals surface area contributed by atoms with Gasteiger partial charge in [-0.2, -0.15) is 0 Å². The van der Waals surface area contributed by atoms with Crippen molar-refractivity contribution in [2.75, 3.05) is 7.11 Å². The van der Waals surface area contributed by atoms with E-state index >= 15 is 0 Å². The zero-order chi connectivity index (χ0) is 31.2. The van der Waals surface area contributed by atoms with E-state index in [2.05, 4.69) is 111 Å². The number of carbonyl (C=O) groups excluding carboxylic acids is 1. The van der Waals surface area contributed by atoms with E-state index in [1.54, 1.807) is 0 Å². The Balaban J connectivity index is 1.45. The maximum absolute atomic E-state index is 12.5. The Hall–Kier alpha value is -4.19. The Bertz CT molecular complexity index is 1860. The number of methoxy groups -OCH3 is 1. The van der Waals surface area contributed by atoms with Crippen LogP contribution in [0.3, 0.4) is 0 Å². The molecule has 6 rings (SSSR count). The van der Waals surface area contributed by atoms with E-state index in [1.165, 1.54) is 43.9 Å². The summed E-state index contributed by atoms with van der Waals surface area (Å²) in [4.78, 5) is 22.6. The molecule has 0 saturated heterocycles. The molecule has 0 N–H and O–H groups in total. The monoisotopic (exact) mass is 663 g/mol. The predicted molar refractivity (Wildman–Crippen MR) is 183 cm³/mol. The van der Waals surface area contributed by atoms with Crippen LogP contribution in [0.25, 0.3) is 33.5 Å². The van der Waals surface area contributed by atoms with Gasteiger partial charge in [-0.05, 0) is 0 Å². The van der Waals surface area contributed by atoms with Crippen LogP contribution in [0, 0.1) is 0 Å². The number of imidazole rings is 2. The first-order valence-corrected chi connectivity index (χ1v) is 16.8. The van der Waals surface area contributed by atoms with Crippen LogP contribution >= 0.6 is 0 Å². The van der Waals surface area contributed by atoms with Crippen LogP contribution in [0.2, 0.25) is 0 Å². The van der Waals surface area contributed by atoms with Crippen LogP contribution in [0.1, 0.15) is 72.9 Å². The standard InChI is InChI=1S/C38H39N4O2Se/c1-3-4-5-6-13-24-42-35-31(19-14-20-32(35)40-38(42)45)36-39-33-26-29(37(43)44-2)21-22-34(33)41(36)25-23-30(27-15-9-7-10-16-27)28-17-11-8-12-18-28/h7-12,14-22,26,30H,3-6,13,23-25H2,1-2H3. The van der Waals surface area contributed by atoms with E-state index in [0.717, 1.165) is 64.1 Å². The molecule has 0 unspecified atom stereocenters. The van der Waals surface area contributed by atoms with Gasteiger partial charge in [-0.25, -0.2) is 0 Å².